The monoisotopic (exact) mass is 322 g/mol. The molecule has 0 radical (unpaired) electrons. The summed E-state index contributed by atoms with van der Waals surface area (Å²) in [6.07, 6.45) is 7.18. The number of piperidine rings is 1. The minimum Gasteiger partial charge on any atom is -0.300 e. The van der Waals surface area contributed by atoms with Crippen molar-refractivity contribution < 1.29 is 8.42 Å². The van der Waals surface area contributed by atoms with Gasteiger partial charge in [-0.15, -0.1) is 0 Å². The van der Waals surface area contributed by atoms with Crippen LogP contribution in [0.3, 0.4) is 0 Å². The highest BCUT2D eigenvalue weighted by Crippen LogP contribution is 2.26. The summed E-state index contributed by atoms with van der Waals surface area (Å²) in [7, 11) is -3.39. The number of hydrogen-bond acceptors (Lipinski definition) is 3. The molecule has 1 heterocycles. The van der Waals surface area contributed by atoms with E-state index in [2.05, 4.69) is 9.62 Å². The topological polar surface area (TPSA) is 49.4 Å². The molecule has 1 saturated heterocycles. The first-order chi connectivity index (χ1) is 10.5. The van der Waals surface area contributed by atoms with Gasteiger partial charge in [-0.2, -0.15) is 0 Å². The van der Waals surface area contributed by atoms with Crippen LogP contribution in [0.25, 0.3) is 0 Å². The van der Waals surface area contributed by atoms with Crippen LogP contribution in [0.2, 0.25) is 0 Å². The number of nitrogens with zero attached hydrogens (tertiary/aromatic N) is 1. The van der Waals surface area contributed by atoms with E-state index in [-0.39, 0.29) is 6.04 Å². The Morgan fingerprint density at radius 1 is 1.09 bits per heavy atom. The highest BCUT2D eigenvalue weighted by Gasteiger charge is 2.29. The molecule has 0 spiro atoms. The van der Waals surface area contributed by atoms with Gasteiger partial charge in [0.05, 0.1) is 4.90 Å². The van der Waals surface area contributed by atoms with E-state index < -0.39 is 10.0 Å². The molecule has 1 saturated carbocycles. The lowest BCUT2D eigenvalue weighted by Crippen LogP contribution is -2.47. The number of hydrogen-bond donors (Lipinski definition) is 1. The standard InChI is InChI=1S/C17H26N2O2S/c1-14-5-4-8-17(13-14)22(20,21)18-15-9-11-19(12-10-15)16-6-2-3-7-16/h4-5,8,13,15-16,18H,2-3,6-7,9-12H2,1H3. The van der Waals surface area contributed by atoms with Gasteiger partial charge >= 0.3 is 0 Å². The van der Waals surface area contributed by atoms with Crippen LogP contribution in [0, 0.1) is 6.92 Å². The zero-order valence-corrected chi connectivity index (χ0v) is 14.1. The molecule has 0 amide bonds. The van der Waals surface area contributed by atoms with E-state index in [1.807, 2.05) is 13.0 Å². The second-order valence-electron chi connectivity index (χ2n) is 6.69. The zero-order chi connectivity index (χ0) is 15.6. The Morgan fingerprint density at radius 2 is 1.77 bits per heavy atom. The van der Waals surface area contributed by atoms with Gasteiger partial charge in [0.2, 0.25) is 10.0 Å². The zero-order valence-electron chi connectivity index (χ0n) is 13.3. The minimum atomic E-state index is -3.39. The molecule has 5 heteroatoms. The average molecular weight is 322 g/mol. The van der Waals surface area contributed by atoms with Crippen LogP contribution in [0.15, 0.2) is 29.2 Å². The molecule has 4 nitrogen and oxygen atoms in total. The molecule has 1 aromatic rings. The van der Waals surface area contributed by atoms with E-state index in [0.29, 0.717) is 4.90 Å². The van der Waals surface area contributed by atoms with Crippen molar-refractivity contribution >= 4 is 10.0 Å². The molecule has 0 bridgehead atoms. The van der Waals surface area contributed by atoms with Crippen LogP contribution in [0.5, 0.6) is 0 Å². The van der Waals surface area contributed by atoms with Gasteiger partial charge in [0.25, 0.3) is 0 Å². The summed E-state index contributed by atoms with van der Waals surface area (Å²) in [5, 5.41) is 0. The fraction of sp³-hybridized carbons (Fsp3) is 0.647. The van der Waals surface area contributed by atoms with Gasteiger partial charge in [0.15, 0.2) is 0 Å². The molecule has 22 heavy (non-hydrogen) atoms. The van der Waals surface area contributed by atoms with E-state index >= 15 is 0 Å². The van der Waals surface area contributed by atoms with E-state index in [1.54, 1.807) is 18.2 Å². The Balaban J connectivity index is 1.58. The normalized spacial score (nSPS) is 22.2. The lowest BCUT2D eigenvalue weighted by molar-refractivity contribution is 0.151. The summed E-state index contributed by atoms with van der Waals surface area (Å²) < 4.78 is 27.8. The van der Waals surface area contributed by atoms with Gasteiger partial charge < -0.3 is 4.90 Å². The summed E-state index contributed by atoms with van der Waals surface area (Å²) >= 11 is 0. The minimum absolute atomic E-state index is 0.0724. The third-order valence-corrected chi connectivity index (χ3v) is 6.51. The molecular formula is C17H26N2O2S. The third kappa shape index (κ3) is 3.70. The maximum atomic E-state index is 12.5. The number of rotatable bonds is 4. The molecule has 0 unspecified atom stereocenters. The van der Waals surface area contributed by atoms with Crippen molar-refractivity contribution in [3.05, 3.63) is 29.8 Å². The fourth-order valence-corrected chi connectivity index (χ4v) is 5.13. The first-order valence-corrected chi connectivity index (χ1v) is 9.86. The van der Waals surface area contributed by atoms with Crippen molar-refractivity contribution in [1.82, 2.24) is 9.62 Å². The van der Waals surface area contributed by atoms with Crippen LogP contribution < -0.4 is 4.72 Å². The molecule has 1 aliphatic heterocycles. The lowest BCUT2D eigenvalue weighted by atomic mass is 10.0. The second kappa shape index (κ2) is 6.69. The predicted octanol–water partition coefficient (Wildman–Crippen LogP) is 2.68. The van der Waals surface area contributed by atoms with Gasteiger partial charge in [-0.05, 0) is 63.4 Å². The summed E-state index contributed by atoms with van der Waals surface area (Å²) in [6.45, 7) is 3.95. The Bertz CT molecular complexity index is 601. The molecule has 0 atom stereocenters. The third-order valence-electron chi connectivity index (χ3n) is 4.99. The van der Waals surface area contributed by atoms with Crippen LogP contribution in [-0.4, -0.2) is 38.5 Å². The largest absolute Gasteiger partial charge is 0.300 e. The van der Waals surface area contributed by atoms with E-state index in [0.717, 1.165) is 37.5 Å². The summed E-state index contributed by atoms with van der Waals surface area (Å²) in [6, 6.07) is 7.93. The van der Waals surface area contributed by atoms with Crippen LogP contribution in [0.1, 0.15) is 44.1 Å². The molecule has 1 aromatic carbocycles. The highest BCUT2D eigenvalue weighted by atomic mass is 32.2. The number of sulfonamides is 1. The summed E-state index contributed by atoms with van der Waals surface area (Å²) in [5.74, 6) is 0. The lowest BCUT2D eigenvalue weighted by Gasteiger charge is -2.36. The molecular weight excluding hydrogens is 296 g/mol. The summed E-state index contributed by atoms with van der Waals surface area (Å²) in [4.78, 5) is 2.94. The molecule has 3 rings (SSSR count). The first kappa shape index (κ1) is 16.0. The van der Waals surface area contributed by atoms with Crippen LogP contribution >= 0.6 is 0 Å². The molecule has 1 N–H and O–H groups in total. The quantitative estimate of drug-likeness (QED) is 0.927. The van der Waals surface area contributed by atoms with Crippen molar-refractivity contribution in [2.75, 3.05) is 13.1 Å². The fourth-order valence-electron chi connectivity index (χ4n) is 3.72. The highest BCUT2D eigenvalue weighted by molar-refractivity contribution is 7.89. The van der Waals surface area contributed by atoms with Crippen molar-refractivity contribution in [3.8, 4) is 0 Å². The second-order valence-corrected chi connectivity index (χ2v) is 8.40. The van der Waals surface area contributed by atoms with E-state index in [4.69, 9.17) is 0 Å². The van der Waals surface area contributed by atoms with Crippen LogP contribution in [-0.2, 0) is 10.0 Å². The molecule has 1 aliphatic carbocycles. The van der Waals surface area contributed by atoms with Crippen molar-refractivity contribution in [3.63, 3.8) is 0 Å². The SMILES string of the molecule is Cc1cccc(S(=O)(=O)NC2CCN(C3CCCC3)CC2)c1. The van der Waals surface area contributed by atoms with Gasteiger partial charge in [0, 0.05) is 12.1 Å². The van der Waals surface area contributed by atoms with Crippen molar-refractivity contribution in [2.45, 2.75) is 62.4 Å². The smallest absolute Gasteiger partial charge is 0.240 e. The van der Waals surface area contributed by atoms with E-state index in [1.165, 1.54) is 25.7 Å². The maximum absolute atomic E-state index is 12.5. The van der Waals surface area contributed by atoms with Gasteiger partial charge in [-0.25, -0.2) is 13.1 Å². The molecule has 2 aliphatic rings. The average Bonchev–Trinajstić information content (AvgIpc) is 3.02. The Hall–Kier alpha value is -0.910. The van der Waals surface area contributed by atoms with Crippen molar-refractivity contribution in [1.29, 1.82) is 0 Å². The van der Waals surface area contributed by atoms with E-state index in [9.17, 15) is 8.42 Å². The number of benzene rings is 1. The Kier molecular flexibility index (Phi) is 4.85. The number of likely N-dealkylation sites (tertiary alicyclic amines) is 1. The Labute approximate surface area is 134 Å². The van der Waals surface area contributed by atoms with Crippen LogP contribution in [0.4, 0.5) is 0 Å². The predicted molar refractivity (Wildman–Crippen MR) is 88.4 cm³/mol. The maximum Gasteiger partial charge on any atom is 0.240 e. The van der Waals surface area contributed by atoms with Gasteiger partial charge in [-0.3, -0.25) is 0 Å². The Morgan fingerprint density at radius 3 is 2.41 bits per heavy atom. The van der Waals surface area contributed by atoms with Gasteiger partial charge in [-0.1, -0.05) is 25.0 Å². The molecule has 0 aromatic heterocycles. The number of aryl methyl sites for hydroxylation is 1. The first-order valence-electron chi connectivity index (χ1n) is 8.38. The van der Waals surface area contributed by atoms with Crippen molar-refractivity contribution in [2.24, 2.45) is 0 Å². The molecule has 122 valence electrons. The summed E-state index contributed by atoms with van der Waals surface area (Å²) in [5.41, 5.74) is 0.971. The van der Waals surface area contributed by atoms with Gasteiger partial charge in [0.1, 0.15) is 0 Å². The number of nitrogens with one attached hydrogen (secondary N) is 1. The molecule has 2 fully saturated rings.